The summed E-state index contributed by atoms with van der Waals surface area (Å²) in [5, 5.41) is 17.8. The number of carbonyl (C=O) groups is 1. The normalized spacial score (nSPS) is 23.4. The molecule has 1 rings (SSSR count). The molecule has 1 fully saturated rings. The molecule has 0 aromatic rings. The molecule has 78 valence electrons. The van der Waals surface area contributed by atoms with Gasteiger partial charge in [0.05, 0.1) is 17.5 Å². The summed E-state index contributed by atoms with van der Waals surface area (Å²) in [5.41, 5.74) is -0.764. The number of hydrogen-bond acceptors (Lipinski definition) is 3. The summed E-state index contributed by atoms with van der Waals surface area (Å²) in [4.78, 5) is 12.9. The highest BCUT2D eigenvalue weighted by atomic mass is 16.4. The van der Waals surface area contributed by atoms with Crippen molar-refractivity contribution in [2.75, 3.05) is 13.1 Å². The van der Waals surface area contributed by atoms with Crippen LogP contribution in [0.5, 0.6) is 0 Å². The largest absolute Gasteiger partial charge is 0.481 e. The molecule has 4 nitrogen and oxygen atoms in total. The lowest BCUT2D eigenvalue weighted by Crippen LogP contribution is -2.41. The molecule has 0 aliphatic carbocycles. The van der Waals surface area contributed by atoms with Crippen LogP contribution in [-0.2, 0) is 4.79 Å². The van der Waals surface area contributed by atoms with Crippen LogP contribution < -0.4 is 0 Å². The van der Waals surface area contributed by atoms with E-state index < -0.39 is 11.4 Å². The van der Waals surface area contributed by atoms with Crippen molar-refractivity contribution in [1.29, 1.82) is 5.26 Å². The van der Waals surface area contributed by atoms with Crippen molar-refractivity contribution in [3.05, 3.63) is 0 Å². The van der Waals surface area contributed by atoms with Crippen molar-refractivity contribution in [3.63, 3.8) is 0 Å². The van der Waals surface area contributed by atoms with Crippen LogP contribution >= 0.6 is 0 Å². The van der Waals surface area contributed by atoms with E-state index in [1.54, 1.807) is 13.8 Å². The molecule has 0 saturated carbocycles. The van der Waals surface area contributed by atoms with Crippen LogP contribution in [0.4, 0.5) is 0 Å². The van der Waals surface area contributed by atoms with Gasteiger partial charge in [-0.2, -0.15) is 5.26 Å². The lowest BCUT2D eigenvalue weighted by atomic mass is 9.93. The molecule has 0 bridgehead atoms. The third-order valence-electron chi connectivity index (χ3n) is 2.69. The van der Waals surface area contributed by atoms with Crippen molar-refractivity contribution in [3.8, 4) is 6.07 Å². The molecule has 0 aromatic heterocycles. The topological polar surface area (TPSA) is 64.3 Å². The van der Waals surface area contributed by atoms with Gasteiger partial charge in [-0.05, 0) is 33.2 Å². The first-order valence-corrected chi connectivity index (χ1v) is 4.84. The fraction of sp³-hybridized carbons (Fsp3) is 0.800. The van der Waals surface area contributed by atoms with Crippen LogP contribution in [0.15, 0.2) is 0 Å². The lowest BCUT2D eigenvalue weighted by Gasteiger charge is -2.27. The number of carboxylic acids is 1. The molecule has 1 unspecified atom stereocenters. The fourth-order valence-electron chi connectivity index (χ4n) is 1.74. The minimum absolute atomic E-state index is 0.0892. The van der Waals surface area contributed by atoms with Crippen molar-refractivity contribution >= 4 is 5.97 Å². The molecule has 1 N–H and O–H groups in total. The maximum Gasteiger partial charge on any atom is 0.310 e. The first-order chi connectivity index (χ1) is 6.47. The zero-order chi connectivity index (χ0) is 10.8. The van der Waals surface area contributed by atoms with E-state index >= 15 is 0 Å². The number of rotatable bonds is 3. The van der Waals surface area contributed by atoms with Crippen molar-refractivity contribution in [2.45, 2.75) is 32.7 Å². The third kappa shape index (κ3) is 2.24. The van der Waals surface area contributed by atoms with Gasteiger partial charge in [0.1, 0.15) is 0 Å². The van der Waals surface area contributed by atoms with E-state index in [-0.39, 0.29) is 6.04 Å². The van der Waals surface area contributed by atoms with Crippen LogP contribution in [-0.4, -0.2) is 35.1 Å². The summed E-state index contributed by atoms with van der Waals surface area (Å²) in [5.74, 6) is -0.805. The molecule has 14 heavy (non-hydrogen) atoms. The predicted octanol–water partition coefficient (Wildman–Crippen LogP) is 1.09. The van der Waals surface area contributed by atoms with Crippen molar-refractivity contribution in [1.82, 2.24) is 4.90 Å². The second kappa shape index (κ2) is 3.97. The van der Waals surface area contributed by atoms with Gasteiger partial charge in [-0.25, -0.2) is 0 Å². The summed E-state index contributed by atoms with van der Waals surface area (Å²) in [7, 11) is 0. The zero-order valence-corrected chi connectivity index (χ0v) is 8.66. The summed E-state index contributed by atoms with van der Waals surface area (Å²) in [6, 6.07) is 2.12. The van der Waals surface area contributed by atoms with Gasteiger partial charge in [0.15, 0.2) is 0 Å². The Kier molecular flexibility index (Phi) is 3.12. The van der Waals surface area contributed by atoms with E-state index in [2.05, 4.69) is 6.07 Å². The third-order valence-corrected chi connectivity index (χ3v) is 2.69. The predicted molar refractivity (Wildman–Crippen MR) is 51.6 cm³/mol. The van der Waals surface area contributed by atoms with Gasteiger partial charge < -0.3 is 5.11 Å². The van der Waals surface area contributed by atoms with E-state index in [0.717, 1.165) is 19.4 Å². The summed E-state index contributed by atoms with van der Waals surface area (Å²) >= 11 is 0. The average Bonchev–Trinajstić information content (AvgIpc) is 2.50. The first kappa shape index (κ1) is 11.0. The van der Waals surface area contributed by atoms with Gasteiger partial charge in [-0.1, -0.05) is 0 Å². The minimum Gasteiger partial charge on any atom is -0.481 e. The molecular formula is C10H16N2O2. The standard InChI is InChI=1S/C10H16N2O2/c1-10(2,9(13)14)7-12-5-3-4-8(12)6-11/h8H,3-5,7H2,1-2H3,(H,13,14). The monoisotopic (exact) mass is 196 g/mol. The second-order valence-corrected chi connectivity index (χ2v) is 4.45. The maximum atomic E-state index is 10.9. The van der Waals surface area contributed by atoms with Gasteiger partial charge >= 0.3 is 5.97 Å². The van der Waals surface area contributed by atoms with E-state index in [0.29, 0.717) is 6.54 Å². The van der Waals surface area contributed by atoms with Gasteiger partial charge in [0.25, 0.3) is 0 Å². The molecule has 4 heteroatoms. The maximum absolute atomic E-state index is 10.9. The van der Waals surface area contributed by atoms with E-state index in [4.69, 9.17) is 10.4 Å². The highest BCUT2D eigenvalue weighted by molar-refractivity contribution is 5.73. The Morgan fingerprint density at radius 2 is 2.36 bits per heavy atom. The Labute approximate surface area is 84.1 Å². The van der Waals surface area contributed by atoms with E-state index in [1.807, 2.05) is 4.90 Å². The molecule has 1 aliphatic heterocycles. The number of carboxylic acid groups (broad SMARTS) is 1. The molecule has 1 aliphatic rings. The fourth-order valence-corrected chi connectivity index (χ4v) is 1.74. The summed E-state index contributed by atoms with van der Waals surface area (Å²) in [6.45, 7) is 4.69. The Bertz CT molecular complexity index is 268. The molecule has 1 saturated heterocycles. The van der Waals surface area contributed by atoms with Crippen molar-refractivity contribution in [2.24, 2.45) is 5.41 Å². The molecular weight excluding hydrogens is 180 g/mol. The molecule has 0 amide bonds. The zero-order valence-electron chi connectivity index (χ0n) is 8.66. The van der Waals surface area contributed by atoms with Crippen molar-refractivity contribution < 1.29 is 9.90 Å². The van der Waals surface area contributed by atoms with Gasteiger partial charge in [-0.15, -0.1) is 0 Å². The Morgan fingerprint density at radius 1 is 1.71 bits per heavy atom. The smallest absolute Gasteiger partial charge is 0.310 e. The summed E-state index contributed by atoms with van der Waals surface area (Å²) < 4.78 is 0. The van der Waals surface area contributed by atoms with Crippen LogP contribution in [0, 0.1) is 16.7 Å². The Hall–Kier alpha value is -1.08. The molecule has 0 spiro atoms. The van der Waals surface area contributed by atoms with Gasteiger partial charge in [0.2, 0.25) is 0 Å². The minimum atomic E-state index is -0.805. The number of likely N-dealkylation sites (tertiary alicyclic amines) is 1. The van der Waals surface area contributed by atoms with Gasteiger partial charge in [-0.3, -0.25) is 9.69 Å². The summed E-state index contributed by atoms with van der Waals surface area (Å²) in [6.07, 6.45) is 1.86. The highest BCUT2D eigenvalue weighted by Gasteiger charge is 2.34. The number of nitriles is 1. The Balaban J connectivity index is 2.60. The van der Waals surface area contributed by atoms with Crippen LogP contribution in [0.25, 0.3) is 0 Å². The van der Waals surface area contributed by atoms with E-state index in [9.17, 15) is 4.79 Å². The average molecular weight is 196 g/mol. The molecule has 1 heterocycles. The number of hydrogen-bond donors (Lipinski definition) is 1. The van der Waals surface area contributed by atoms with Gasteiger partial charge in [0, 0.05) is 6.54 Å². The molecule has 0 aromatic carbocycles. The SMILES string of the molecule is CC(C)(CN1CCCC1C#N)C(=O)O. The van der Waals surface area contributed by atoms with E-state index in [1.165, 1.54) is 0 Å². The highest BCUT2D eigenvalue weighted by Crippen LogP contribution is 2.24. The Morgan fingerprint density at radius 3 is 2.86 bits per heavy atom. The second-order valence-electron chi connectivity index (χ2n) is 4.45. The number of aliphatic carboxylic acids is 1. The van der Waals surface area contributed by atoms with Crippen LogP contribution in [0.3, 0.4) is 0 Å². The molecule has 0 radical (unpaired) electrons. The van der Waals surface area contributed by atoms with Crippen LogP contribution in [0.2, 0.25) is 0 Å². The quantitative estimate of drug-likeness (QED) is 0.733. The van der Waals surface area contributed by atoms with Crippen LogP contribution in [0.1, 0.15) is 26.7 Å². The first-order valence-electron chi connectivity index (χ1n) is 4.84. The molecule has 1 atom stereocenters. The lowest BCUT2D eigenvalue weighted by molar-refractivity contribution is -0.148. The number of nitrogens with zero attached hydrogens (tertiary/aromatic N) is 2.